The number of aliphatic hydroxyl groups excluding tert-OH is 2. The van der Waals surface area contributed by atoms with Crippen LogP contribution in [0.1, 0.15) is 56.4 Å². The van der Waals surface area contributed by atoms with Crippen LogP contribution in [-0.2, 0) is 17.7 Å². The lowest BCUT2D eigenvalue weighted by Crippen LogP contribution is -2.33. The lowest BCUT2D eigenvalue weighted by atomic mass is 10.0. The van der Waals surface area contributed by atoms with Crippen molar-refractivity contribution < 1.29 is 14.9 Å². The van der Waals surface area contributed by atoms with E-state index in [1.165, 1.54) is 42.0 Å². The fourth-order valence-corrected chi connectivity index (χ4v) is 4.19. The maximum Gasteiger partial charge on any atom is 0.330 e. The van der Waals surface area contributed by atoms with E-state index in [0.29, 0.717) is 12.2 Å². The number of rotatable bonds is 10. The van der Waals surface area contributed by atoms with E-state index in [1.807, 2.05) is 0 Å². The molecule has 1 aliphatic heterocycles. The van der Waals surface area contributed by atoms with E-state index in [0.717, 1.165) is 12.0 Å². The normalized spacial score (nSPS) is 20.1. The number of nitrogens with one attached hydrogen (secondary N) is 1. The van der Waals surface area contributed by atoms with E-state index in [9.17, 15) is 19.8 Å². The minimum atomic E-state index is -0.902. The third kappa shape index (κ3) is 5.52. The molecule has 3 N–H and O–H groups in total. The molecule has 10 nitrogen and oxygen atoms in total. The first-order chi connectivity index (χ1) is 16.5. The monoisotopic (exact) mass is 469 g/mol. The SMILES string of the molecule is CCCCCCc1ccc(Cn2cc(-c3cn([C@H]4C[C@H](O)[C@@H](CO)O4)c(=O)[nH]c3=O)nn2)cc1. The van der Waals surface area contributed by atoms with Crippen molar-refractivity contribution in [3.8, 4) is 11.3 Å². The Morgan fingerprint density at radius 3 is 2.59 bits per heavy atom. The second-order valence-electron chi connectivity index (χ2n) is 8.75. The van der Waals surface area contributed by atoms with Crippen LogP contribution in [0.4, 0.5) is 0 Å². The molecule has 34 heavy (non-hydrogen) atoms. The minimum Gasteiger partial charge on any atom is -0.394 e. The molecule has 10 heteroatoms. The summed E-state index contributed by atoms with van der Waals surface area (Å²) in [5.41, 5.74) is 1.62. The molecule has 1 aromatic carbocycles. The Morgan fingerprint density at radius 2 is 1.88 bits per heavy atom. The molecule has 3 atom stereocenters. The molecule has 0 aliphatic carbocycles. The van der Waals surface area contributed by atoms with Gasteiger partial charge < -0.3 is 14.9 Å². The van der Waals surface area contributed by atoms with E-state index < -0.39 is 29.7 Å². The summed E-state index contributed by atoms with van der Waals surface area (Å²) >= 11 is 0. The van der Waals surface area contributed by atoms with E-state index in [2.05, 4.69) is 46.5 Å². The summed E-state index contributed by atoms with van der Waals surface area (Å²) in [6.07, 6.45) is 6.68. The molecule has 0 spiro atoms. The number of ether oxygens (including phenoxy) is 1. The van der Waals surface area contributed by atoms with Crippen LogP contribution in [-0.4, -0.2) is 53.6 Å². The third-order valence-corrected chi connectivity index (χ3v) is 6.16. The molecular weight excluding hydrogens is 438 g/mol. The van der Waals surface area contributed by atoms with Gasteiger partial charge in [0.15, 0.2) is 0 Å². The summed E-state index contributed by atoms with van der Waals surface area (Å²) in [6.45, 7) is 2.34. The second kappa shape index (κ2) is 10.9. The van der Waals surface area contributed by atoms with Gasteiger partial charge in [-0.1, -0.05) is 55.7 Å². The van der Waals surface area contributed by atoms with Crippen molar-refractivity contribution in [2.75, 3.05) is 6.61 Å². The first kappa shape index (κ1) is 24.1. The number of nitrogens with zero attached hydrogens (tertiary/aromatic N) is 4. The number of aromatic nitrogens is 5. The summed E-state index contributed by atoms with van der Waals surface area (Å²) in [4.78, 5) is 27.0. The fourth-order valence-electron chi connectivity index (χ4n) is 4.19. The zero-order chi connectivity index (χ0) is 24.1. The van der Waals surface area contributed by atoms with Crippen LogP contribution in [0.2, 0.25) is 0 Å². The van der Waals surface area contributed by atoms with Crippen LogP contribution in [0.25, 0.3) is 11.3 Å². The first-order valence-corrected chi connectivity index (χ1v) is 11.8. The number of aryl methyl sites for hydroxylation is 1. The quantitative estimate of drug-likeness (QED) is 0.384. The Morgan fingerprint density at radius 1 is 1.12 bits per heavy atom. The maximum atomic E-state index is 12.4. The molecule has 0 saturated carbocycles. The van der Waals surface area contributed by atoms with Crippen LogP contribution >= 0.6 is 0 Å². The van der Waals surface area contributed by atoms with Gasteiger partial charge in [0.2, 0.25) is 0 Å². The highest BCUT2D eigenvalue weighted by atomic mass is 16.5. The lowest BCUT2D eigenvalue weighted by molar-refractivity contribution is -0.0458. The third-order valence-electron chi connectivity index (χ3n) is 6.16. The number of hydrogen-bond donors (Lipinski definition) is 3. The van der Waals surface area contributed by atoms with Crippen LogP contribution in [0.5, 0.6) is 0 Å². The molecule has 2 aromatic heterocycles. The lowest BCUT2D eigenvalue weighted by Gasteiger charge is -2.14. The Hall–Kier alpha value is -3.08. The number of aromatic amines is 1. The van der Waals surface area contributed by atoms with Crippen molar-refractivity contribution in [2.24, 2.45) is 0 Å². The predicted molar refractivity (Wildman–Crippen MR) is 125 cm³/mol. The summed E-state index contributed by atoms with van der Waals surface area (Å²) in [6, 6.07) is 8.42. The van der Waals surface area contributed by atoms with Gasteiger partial charge >= 0.3 is 5.69 Å². The summed E-state index contributed by atoms with van der Waals surface area (Å²) in [7, 11) is 0. The Labute approximate surface area is 196 Å². The zero-order valence-electron chi connectivity index (χ0n) is 19.3. The average Bonchev–Trinajstić information content (AvgIpc) is 3.44. The van der Waals surface area contributed by atoms with Gasteiger partial charge in [-0.15, -0.1) is 5.10 Å². The second-order valence-corrected chi connectivity index (χ2v) is 8.75. The van der Waals surface area contributed by atoms with E-state index in [4.69, 9.17) is 4.74 Å². The van der Waals surface area contributed by atoms with Gasteiger partial charge in [-0.05, 0) is 24.0 Å². The fraction of sp³-hybridized carbons (Fsp3) is 0.500. The van der Waals surface area contributed by atoms with Crippen molar-refractivity contribution in [3.05, 3.63) is 68.6 Å². The topological polar surface area (TPSA) is 135 Å². The van der Waals surface area contributed by atoms with Crippen LogP contribution < -0.4 is 11.2 Å². The highest BCUT2D eigenvalue weighted by Gasteiger charge is 2.35. The number of benzene rings is 1. The minimum absolute atomic E-state index is 0.123. The van der Waals surface area contributed by atoms with Gasteiger partial charge in [-0.3, -0.25) is 14.3 Å². The highest BCUT2D eigenvalue weighted by Crippen LogP contribution is 2.27. The largest absolute Gasteiger partial charge is 0.394 e. The van der Waals surface area contributed by atoms with Gasteiger partial charge in [0.1, 0.15) is 18.0 Å². The van der Waals surface area contributed by atoms with Crippen LogP contribution in [0.3, 0.4) is 0 Å². The smallest absolute Gasteiger partial charge is 0.330 e. The molecule has 0 bridgehead atoms. The van der Waals surface area contributed by atoms with Crippen molar-refractivity contribution in [1.82, 2.24) is 24.5 Å². The predicted octanol–water partition coefficient (Wildman–Crippen LogP) is 1.61. The van der Waals surface area contributed by atoms with E-state index in [-0.39, 0.29) is 18.6 Å². The molecule has 0 amide bonds. The Bertz CT molecular complexity index is 1200. The summed E-state index contributed by atoms with van der Waals surface area (Å²) in [5.74, 6) is 0. The van der Waals surface area contributed by atoms with Crippen LogP contribution in [0.15, 0.2) is 46.2 Å². The van der Waals surface area contributed by atoms with Gasteiger partial charge in [0, 0.05) is 12.6 Å². The molecule has 1 saturated heterocycles. The van der Waals surface area contributed by atoms with Crippen molar-refractivity contribution in [3.63, 3.8) is 0 Å². The molecular formula is C24H31N5O5. The van der Waals surface area contributed by atoms with E-state index in [1.54, 1.807) is 10.9 Å². The number of hydrogen-bond acceptors (Lipinski definition) is 7. The Kier molecular flexibility index (Phi) is 7.71. The number of unbranched alkanes of at least 4 members (excludes halogenated alkanes) is 3. The average molecular weight is 470 g/mol. The first-order valence-electron chi connectivity index (χ1n) is 11.8. The molecule has 0 radical (unpaired) electrons. The molecule has 1 aliphatic rings. The van der Waals surface area contributed by atoms with Crippen molar-refractivity contribution in [1.29, 1.82) is 0 Å². The van der Waals surface area contributed by atoms with Crippen LogP contribution in [0, 0.1) is 0 Å². The molecule has 182 valence electrons. The van der Waals surface area contributed by atoms with Gasteiger partial charge in [-0.25, -0.2) is 9.48 Å². The van der Waals surface area contributed by atoms with Gasteiger partial charge in [-0.2, -0.15) is 0 Å². The summed E-state index contributed by atoms with van der Waals surface area (Å²) < 4.78 is 8.39. The molecule has 1 fully saturated rings. The Balaban J connectivity index is 1.47. The van der Waals surface area contributed by atoms with Crippen molar-refractivity contribution in [2.45, 2.75) is 70.4 Å². The molecule has 4 rings (SSSR count). The molecule has 3 heterocycles. The molecule has 0 unspecified atom stereocenters. The number of aliphatic hydroxyl groups is 2. The standard InChI is InChI=1S/C24H31N5O5/c1-2-3-4-5-6-16-7-9-17(10-8-16)12-28-14-19(26-27-28)18-13-29(24(33)25-23(18)32)22-11-20(31)21(15-30)34-22/h7-10,13-14,20-22,30-31H,2-6,11-12,15H2,1H3,(H,25,32,33)/t20-,21+,22+/m0/s1. The highest BCUT2D eigenvalue weighted by molar-refractivity contribution is 5.54. The van der Waals surface area contributed by atoms with Crippen molar-refractivity contribution >= 4 is 0 Å². The van der Waals surface area contributed by atoms with Gasteiger partial charge in [0.05, 0.1) is 31.0 Å². The maximum absolute atomic E-state index is 12.4. The zero-order valence-corrected chi connectivity index (χ0v) is 19.3. The number of H-pyrrole nitrogens is 1. The molecule has 3 aromatic rings. The van der Waals surface area contributed by atoms with Gasteiger partial charge in [0.25, 0.3) is 5.56 Å². The van der Waals surface area contributed by atoms with E-state index >= 15 is 0 Å². The summed E-state index contributed by atoms with van der Waals surface area (Å²) in [5, 5.41) is 27.5.